The molecule has 0 saturated carbocycles. The lowest BCUT2D eigenvalue weighted by Crippen LogP contribution is -2.26. The SMILES string of the molecule is CCC(O)C(O)CCOCc1ccc(-c2ccccn2)cc1. The molecule has 0 amide bonds. The van der Waals surface area contributed by atoms with E-state index in [0.717, 1.165) is 16.8 Å². The predicted octanol–water partition coefficient (Wildman–Crippen LogP) is 2.79. The minimum absolute atomic E-state index is 0.431. The predicted molar refractivity (Wildman–Crippen MR) is 86.3 cm³/mol. The van der Waals surface area contributed by atoms with E-state index >= 15 is 0 Å². The van der Waals surface area contributed by atoms with Gasteiger partial charge in [0.15, 0.2) is 0 Å². The number of ether oxygens (including phenoxy) is 1. The summed E-state index contributed by atoms with van der Waals surface area (Å²) in [5, 5.41) is 19.1. The molecule has 2 atom stereocenters. The van der Waals surface area contributed by atoms with E-state index < -0.39 is 12.2 Å². The van der Waals surface area contributed by atoms with Crippen LogP contribution in [0.2, 0.25) is 0 Å². The lowest BCUT2D eigenvalue weighted by atomic mass is 10.1. The highest BCUT2D eigenvalue weighted by atomic mass is 16.5. The Hall–Kier alpha value is -1.75. The zero-order chi connectivity index (χ0) is 15.8. The second-order valence-electron chi connectivity index (χ2n) is 5.30. The van der Waals surface area contributed by atoms with Crippen molar-refractivity contribution >= 4 is 0 Å². The van der Waals surface area contributed by atoms with Crippen LogP contribution in [0.15, 0.2) is 48.7 Å². The monoisotopic (exact) mass is 301 g/mol. The molecule has 0 saturated heterocycles. The molecular weight excluding hydrogens is 278 g/mol. The summed E-state index contributed by atoms with van der Waals surface area (Å²) in [6.45, 7) is 2.77. The number of benzene rings is 1. The first kappa shape index (κ1) is 16.6. The third-order valence-electron chi connectivity index (χ3n) is 3.60. The molecule has 0 fully saturated rings. The van der Waals surface area contributed by atoms with E-state index in [0.29, 0.717) is 26.1 Å². The number of pyridine rings is 1. The molecule has 1 aromatic carbocycles. The van der Waals surface area contributed by atoms with Gasteiger partial charge in [-0.2, -0.15) is 0 Å². The van der Waals surface area contributed by atoms with Crippen molar-refractivity contribution in [1.82, 2.24) is 4.98 Å². The number of hydrogen-bond acceptors (Lipinski definition) is 4. The molecule has 118 valence electrons. The molecule has 1 heterocycles. The molecule has 0 aliphatic heterocycles. The van der Waals surface area contributed by atoms with Gasteiger partial charge >= 0.3 is 0 Å². The Labute approximate surface area is 131 Å². The molecule has 2 aromatic rings. The summed E-state index contributed by atoms with van der Waals surface area (Å²) in [4.78, 5) is 4.32. The number of nitrogens with zero attached hydrogens (tertiary/aromatic N) is 1. The van der Waals surface area contributed by atoms with Crippen molar-refractivity contribution in [2.45, 2.75) is 38.6 Å². The largest absolute Gasteiger partial charge is 0.390 e. The van der Waals surface area contributed by atoms with Gasteiger partial charge in [-0.3, -0.25) is 4.98 Å². The highest BCUT2D eigenvalue weighted by Crippen LogP contribution is 2.17. The van der Waals surface area contributed by atoms with Crippen molar-refractivity contribution in [2.75, 3.05) is 6.61 Å². The molecule has 0 bridgehead atoms. The van der Waals surface area contributed by atoms with Gasteiger partial charge in [-0.1, -0.05) is 37.3 Å². The number of aliphatic hydroxyl groups excluding tert-OH is 2. The van der Waals surface area contributed by atoms with E-state index in [1.54, 1.807) is 6.20 Å². The van der Waals surface area contributed by atoms with Crippen molar-refractivity contribution in [1.29, 1.82) is 0 Å². The summed E-state index contributed by atoms with van der Waals surface area (Å²) in [5.74, 6) is 0. The molecule has 0 aliphatic carbocycles. The fraction of sp³-hybridized carbons (Fsp3) is 0.389. The van der Waals surface area contributed by atoms with Crippen LogP contribution in [0.5, 0.6) is 0 Å². The first-order valence-electron chi connectivity index (χ1n) is 7.65. The third-order valence-corrected chi connectivity index (χ3v) is 3.60. The van der Waals surface area contributed by atoms with Crippen molar-refractivity contribution in [3.8, 4) is 11.3 Å². The van der Waals surface area contributed by atoms with Crippen LogP contribution in [0.4, 0.5) is 0 Å². The Balaban J connectivity index is 1.78. The fourth-order valence-corrected chi connectivity index (χ4v) is 2.16. The third kappa shape index (κ3) is 4.91. The van der Waals surface area contributed by atoms with E-state index in [1.165, 1.54) is 0 Å². The molecule has 4 heteroatoms. The molecule has 2 N–H and O–H groups in total. The highest BCUT2D eigenvalue weighted by molar-refractivity contribution is 5.58. The standard InChI is InChI=1S/C18H23NO3/c1-2-17(20)18(21)10-12-22-13-14-6-8-15(9-7-14)16-5-3-4-11-19-16/h3-9,11,17-18,20-21H,2,10,12-13H2,1H3. The maximum Gasteiger partial charge on any atom is 0.0820 e. The van der Waals surface area contributed by atoms with Gasteiger partial charge in [-0.05, 0) is 30.5 Å². The number of hydrogen-bond donors (Lipinski definition) is 2. The van der Waals surface area contributed by atoms with Crippen LogP contribution in [0.1, 0.15) is 25.3 Å². The van der Waals surface area contributed by atoms with Gasteiger partial charge in [0, 0.05) is 18.4 Å². The second kappa shape index (κ2) is 8.63. The van der Waals surface area contributed by atoms with Gasteiger partial charge < -0.3 is 14.9 Å². The first-order chi connectivity index (χ1) is 10.7. The smallest absolute Gasteiger partial charge is 0.0820 e. The van der Waals surface area contributed by atoms with Gasteiger partial charge in [0.25, 0.3) is 0 Å². The molecule has 2 unspecified atom stereocenters. The Morgan fingerprint density at radius 2 is 1.82 bits per heavy atom. The van der Waals surface area contributed by atoms with Crippen LogP contribution in [-0.4, -0.2) is 34.0 Å². The van der Waals surface area contributed by atoms with Gasteiger partial charge in [-0.15, -0.1) is 0 Å². The Morgan fingerprint density at radius 1 is 1.05 bits per heavy atom. The average Bonchev–Trinajstić information content (AvgIpc) is 2.59. The van der Waals surface area contributed by atoms with Crippen LogP contribution in [-0.2, 0) is 11.3 Å². The average molecular weight is 301 g/mol. The van der Waals surface area contributed by atoms with Gasteiger partial charge in [0.2, 0.25) is 0 Å². The summed E-state index contributed by atoms with van der Waals surface area (Å²) in [7, 11) is 0. The van der Waals surface area contributed by atoms with Crippen molar-refractivity contribution < 1.29 is 14.9 Å². The van der Waals surface area contributed by atoms with Crippen molar-refractivity contribution in [3.05, 3.63) is 54.2 Å². The molecule has 2 rings (SSSR count). The number of rotatable bonds is 8. The zero-order valence-electron chi connectivity index (χ0n) is 12.9. The first-order valence-corrected chi connectivity index (χ1v) is 7.65. The summed E-state index contributed by atoms with van der Waals surface area (Å²) in [6, 6.07) is 13.9. The maximum absolute atomic E-state index is 9.64. The Morgan fingerprint density at radius 3 is 2.45 bits per heavy atom. The molecule has 22 heavy (non-hydrogen) atoms. The number of aliphatic hydroxyl groups is 2. The van der Waals surface area contributed by atoms with Crippen molar-refractivity contribution in [2.24, 2.45) is 0 Å². The van der Waals surface area contributed by atoms with Crippen LogP contribution in [0.25, 0.3) is 11.3 Å². The Kier molecular flexibility index (Phi) is 6.52. The van der Waals surface area contributed by atoms with Crippen LogP contribution < -0.4 is 0 Å². The minimum Gasteiger partial charge on any atom is -0.390 e. The molecule has 0 radical (unpaired) electrons. The van der Waals surface area contributed by atoms with Crippen LogP contribution in [0.3, 0.4) is 0 Å². The van der Waals surface area contributed by atoms with E-state index in [1.807, 2.05) is 49.4 Å². The lowest BCUT2D eigenvalue weighted by molar-refractivity contribution is -0.00799. The summed E-state index contributed by atoms with van der Waals surface area (Å²) >= 11 is 0. The van der Waals surface area contributed by atoms with E-state index in [-0.39, 0.29) is 0 Å². The normalized spacial score (nSPS) is 13.8. The van der Waals surface area contributed by atoms with Gasteiger partial charge in [-0.25, -0.2) is 0 Å². The summed E-state index contributed by atoms with van der Waals surface area (Å²) in [6.07, 6.45) is 1.40. The lowest BCUT2D eigenvalue weighted by Gasteiger charge is -2.15. The molecule has 4 nitrogen and oxygen atoms in total. The van der Waals surface area contributed by atoms with Crippen LogP contribution >= 0.6 is 0 Å². The summed E-state index contributed by atoms with van der Waals surface area (Å²) < 4.78 is 5.54. The fourth-order valence-electron chi connectivity index (χ4n) is 2.16. The van der Waals surface area contributed by atoms with Gasteiger partial charge in [0.05, 0.1) is 24.5 Å². The molecule has 0 aliphatic rings. The molecule has 1 aromatic heterocycles. The zero-order valence-corrected chi connectivity index (χ0v) is 12.9. The minimum atomic E-state index is -0.712. The molecular formula is C18H23NO3. The molecule has 0 spiro atoms. The van der Waals surface area contributed by atoms with Gasteiger partial charge in [0.1, 0.15) is 0 Å². The summed E-state index contributed by atoms with van der Waals surface area (Å²) in [5.41, 5.74) is 3.10. The van der Waals surface area contributed by atoms with E-state index in [9.17, 15) is 10.2 Å². The Bertz CT molecular complexity index is 542. The van der Waals surface area contributed by atoms with E-state index in [4.69, 9.17) is 4.74 Å². The van der Waals surface area contributed by atoms with E-state index in [2.05, 4.69) is 4.98 Å². The quantitative estimate of drug-likeness (QED) is 0.736. The van der Waals surface area contributed by atoms with Crippen molar-refractivity contribution in [3.63, 3.8) is 0 Å². The van der Waals surface area contributed by atoms with Crippen LogP contribution in [0, 0.1) is 0 Å². The number of aromatic nitrogens is 1. The highest BCUT2D eigenvalue weighted by Gasteiger charge is 2.13. The topological polar surface area (TPSA) is 62.6 Å². The second-order valence-corrected chi connectivity index (χ2v) is 5.30. The maximum atomic E-state index is 9.64.